The number of benzene rings is 1. The molecule has 0 spiro atoms. The smallest absolute Gasteiger partial charge is 0.0622 e. The first-order valence-corrected chi connectivity index (χ1v) is 6.49. The Balaban J connectivity index is 1.79. The number of nitriles is 1. The van der Waals surface area contributed by atoms with E-state index in [1.807, 2.05) is 12.1 Å². The first-order valence-electron chi connectivity index (χ1n) is 6.49. The van der Waals surface area contributed by atoms with Crippen molar-refractivity contribution in [3.8, 4) is 6.07 Å². The number of rotatable bonds is 4. The summed E-state index contributed by atoms with van der Waals surface area (Å²) in [6.07, 6.45) is 1.65. The van der Waals surface area contributed by atoms with Crippen molar-refractivity contribution in [2.75, 3.05) is 43.4 Å². The number of nitrogen functional groups attached to an aromatic ring is 1. The van der Waals surface area contributed by atoms with Crippen LogP contribution in [0.25, 0.3) is 0 Å². The summed E-state index contributed by atoms with van der Waals surface area (Å²) in [5.74, 6) is 0. The van der Waals surface area contributed by atoms with Crippen molar-refractivity contribution in [3.05, 3.63) is 24.3 Å². The highest BCUT2D eigenvalue weighted by molar-refractivity contribution is 5.53. The topological polar surface area (TPSA) is 56.3 Å². The highest BCUT2D eigenvalue weighted by atomic mass is 15.3. The molecule has 1 heterocycles. The monoisotopic (exact) mass is 244 g/mol. The van der Waals surface area contributed by atoms with E-state index < -0.39 is 0 Å². The van der Waals surface area contributed by atoms with Crippen LogP contribution in [-0.2, 0) is 0 Å². The summed E-state index contributed by atoms with van der Waals surface area (Å²) < 4.78 is 0. The minimum atomic E-state index is 0.665. The molecule has 96 valence electrons. The molecule has 1 fully saturated rings. The van der Waals surface area contributed by atoms with Crippen LogP contribution in [0, 0.1) is 11.3 Å². The van der Waals surface area contributed by atoms with Gasteiger partial charge in [0.2, 0.25) is 0 Å². The van der Waals surface area contributed by atoms with Gasteiger partial charge in [0.1, 0.15) is 0 Å². The van der Waals surface area contributed by atoms with Gasteiger partial charge in [-0.2, -0.15) is 5.26 Å². The number of piperazine rings is 1. The highest BCUT2D eigenvalue weighted by Crippen LogP contribution is 2.18. The van der Waals surface area contributed by atoms with Crippen LogP contribution in [-0.4, -0.2) is 37.6 Å². The Kier molecular flexibility index (Phi) is 4.43. The van der Waals surface area contributed by atoms with Gasteiger partial charge >= 0.3 is 0 Å². The number of hydrogen-bond acceptors (Lipinski definition) is 4. The molecule has 0 bridgehead atoms. The van der Waals surface area contributed by atoms with Gasteiger partial charge in [-0.15, -0.1) is 0 Å². The van der Waals surface area contributed by atoms with Crippen LogP contribution in [0.4, 0.5) is 11.4 Å². The van der Waals surface area contributed by atoms with E-state index in [-0.39, 0.29) is 0 Å². The van der Waals surface area contributed by atoms with E-state index in [1.165, 1.54) is 5.69 Å². The third-order valence-corrected chi connectivity index (χ3v) is 3.39. The molecule has 1 saturated heterocycles. The summed E-state index contributed by atoms with van der Waals surface area (Å²) in [5, 5.41) is 8.52. The summed E-state index contributed by atoms with van der Waals surface area (Å²) in [6, 6.07) is 10.3. The van der Waals surface area contributed by atoms with E-state index in [2.05, 4.69) is 28.0 Å². The fraction of sp³-hybridized carbons (Fsp3) is 0.500. The zero-order valence-corrected chi connectivity index (χ0v) is 10.7. The van der Waals surface area contributed by atoms with E-state index in [0.717, 1.165) is 44.8 Å². The SMILES string of the molecule is N#CCCCN1CCN(c2ccc(N)cc2)CC1. The lowest BCUT2D eigenvalue weighted by Gasteiger charge is -2.36. The standard InChI is InChI=1S/C14H20N4/c15-7-1-2-8-17-9-11-18(12-10-17)14-5-3-13(16)4-6-14/h3-6H,1-2,8-12,16H2. The van der Waals surface area contributed by atoms with E-state index in [4.69, 9.17) is 11.0 Å². The lowest BCUT2D eigenvalue weighted by Crippen LogP contribution is -2.46. The van der Waals surface area contributed by atoms with Gasteiger partial charge in [-0.1, -0.05) is 0 Å². The van der Waals surface area contributed by atoms with Crippen LogP contribution in [0.1, 0.15) is 12.8 Å². The van der Waals surface area contributed by atoms with Gasteiger partial charge in [-0.3, -0.25) is 4.90 Å². The fourth-order valence-electron chi connectivity index (χ4n) is 2.30. The van der Waals surface area contributed by atoms with Crippen LogP contribution in [0.15, 0.2) is 24.3 Å². The van der Waals surface area contributed by atoms with Crippen molar-refractivity contribution in [2.45, 2.75) is 12.8 Å². The fourth-order valence-corrected chi connectivity index (χ4v) is 2.30. The summed E-state index contributed by atoms with van der Waals surface area (Å²) in [4.78, 5) is 4.82. The number of hydrogen-bond donors (Lipinski definition) is 1. The average Bonchev–Trinajstić information content (AvgIpc) is 2.41. The van der Waals surface area contributed by atoms with Crippen LogP contribution < -0.4 is 10.6 Å². The zero-order chi connectivity index (χ0) is 12.8. The maximum absolute atomic E-state index is 8.52. The molecule has 4 heteroatoms. The number of unbranched alkanes of at least 4 members (excludes halogenated alkanes) is 1. The molecule has 18 heavy (non-hydrogen) atoms. The molecule has 1 aliphatic heterocycles. The molecular weight excluding hydrogens is 224 g/mol. The van der Waals surface area contributed by atoms with Crippen molar-refractivity contribution in [2.24, 2.45) is 0 Å². The van der Waals surface area contributed by atoms with Gasteiger partial charge < -0.3 is 10.6 Å². The Hall–Kier alpha value is -1.73. The Morgan fingerprint density at radius 3 is 2.39 bits per heavy atom. The zero-order valence-electron chi connectivity index (χ0n) is 10.7. The van der Waals surface area contributed by atoms with Gasteiger partial charge in [-0.05, 0) is 37.2 Å². The van der Waals surface area contributed by atoms with Gasteiger partial charge in [0.05, 0.1) is 6.07 Å². The third kappa shape index (κ3) is 3.38. The highest BCUT2D eigenvalue weighted by Gasteiger charge is 2.16. The quantitative estimate of drug-likeness (QED) is 0.647. The van der Waals surface area contributed by atoms with Crippen molar-refractivity contribution >= 4 is 11.4 Å². The first kappa shape index (κ1) is 12.7. The van der Waals surface area contributed by atoms with E-state index in [9.17, 15) is 0 Å². The molecule has 1 aliphatic rings. The second kappa shape index (κ2) is 6.27. The molecule has 4 nitrogen and oxygen atoms in total. The third-order valence-electron chi connectivity index (χ3n) is 3.39. The van der Waals surface area contributed by atoms with E-state index in [0.29, 0.717) is 6.42 Å². The minimum Gasteiger partial charge on any atom is -0.399 e. The summed E-state index contributed by atoms with van der Waals surface area (Å²) in [6.45, 7) is 5.31. The molecule has 0 unspecified atom stereocenters. The average molecular weight is 244 g/mol. The van der Waals surface area contributed by atoms with Crippen LogP contribution in [0.5, 0.6) is 0 Å². The Morgan fingerprint density at radius 2 is 1.78 bits per heavy atom. The molecular formula is C14H20N4. The van der Waals surface area contributed by atoms with E-state index in [1.54, 1.807) is 0 Å². The van der Waals surface area contributed by atoms with Crippen molar-refractivity contribution in [1.82, 2.24) is 4.90 Å². The summed E-state index contributed by atoms with van der Waals surface area (Å²) in [5.41, 5.74) is 7.76. The van der Waals surface area contributed by atoms with E-state index >= 15 is 0 Å². The Bertz CT molecular complexity index is 399. The number of nitrogens with zero attached hydrogens (tertiary/aromatic N) is 3. The largest absolute Gasteiger partial charge is 0.399 e. The van der Waals surface area contributed by atoms with Gasteiger partial charge in [-0.25, -0.2) is 0 Å². The van der Waals surface area contributed by atoms with Gasteiger partial charge in [0.15, 0.2) is 0 Å². The van der Waals surface area contributed by atoms with Crippen LogP contribution in [0.3, 0.4) is 0 Å². The van der Waals surface area contributed by atoms with Gasteiger partial charge in [0.25, 0.3) is 0 Å². The van der Waals surface area contributed by atoms with Gasteiger partial charge in [0, 0.05) is 44.0 Å². The maximum atomic E-state index is 8.52. The van der Waals surface area contributed by atoms with Crippen molar-refractivity contribution < 1.29 is 0 Å². The first-order chi connectivity index (χ1) is 8.79. The molecule has 0 aliphatic carbocycles. The Morgan fingerprint density at radius 1 is 1.11 bits per heavy atom. The lowest BCUT2D eigenvalue weighted by atomic mass is 10.2. The van der Waals surface area contributed by atoms with Crippen molar-refractivity contribution in [3.63, 3.8) is 0 Å². The van der Waals surface area contributed by atoms with Crippen molar-refractivity contribution in [1.29, 1.82) is 5.26 Å². The maximum Gasteiger partial charge on any atom is 0.0622 e. The van der Waals surface area contributed by atoms with Crippen LogP contribution in [0.2, 0.25) is 0 Å². The normalized spacial score (nSPS) is 16.5. The predicted octanol–water partition coefficient (Wildman–Crippen LogP) is 1.69. The second-order valence-corrected chi connectivity index (χ2v) is 4.68. The predicted molar refractivity (Wildman–Crippen MR) is 74.4 cm³/mol. The molecule has 2 N–H and O–H groups in total. The molecule has 2 rings (SSSR count). The molecule has 0 atom stereocenters. The molecule has 0 radical (unpaired) electrons. The lowest BCUT2D eigenvalue weighted by molar-refractivity contribution is 0.256. The molecule has 0 saturated carbocycles. The Labute approximate surface area is 109 Å². The van der Waals surface area contributed by atoms with Crippen LogP contribution >= 0.6 is 0 Å². The summed E-state index contributed by atoms with van der Waals surface area (Å²) in [7, 11) is 0. The molecule has 0 aromatic heterocycles. The molecule has 1 aromatic rings. The number of anilines is 2. The summed E-state index contributed by atoms with van der Waals surface area (Å²) >= 11 is 0. The minimum absolute atomic E-state index is 0.665. The second-order valence-electron chi connectivity index (χ2n) is 4.68. The number of nitrogens with two attached hydrogens (primary N) is 1. The molecule has 0 amide bonds. The molecule has 1 aromatic carbocycles.